The zero-order valence-electron chi connectivity index (χ0n) is 37.0. The standard InChI is InChI=1S/C56H85N/c1-55(2)47-26-13-10-22-41(47)43-31-29-40(35-51(43)55)57(38-20-8-5-9-21-38)39-30-32-50-46(34-39)42-23-11-14-27-48(42)56(50)49-28-15-12-24-44(49)54-45-25-16-19-36-17-6-3-4-7-18-37(53(36)45)33-52(54)56/h14,16,25,27,30,32,36-54H,3-13,15,17-24,26,28-29,31,33-35H2,1-2H3. The van der Waals surface area contributed by atoms with E-state index in [-0.39, 0.29) is 0 Å². The van der Waals surface area contributed by atoms with E-state index in [4.69, 9.17) is 0 Å². The summed E-state index contributed by atoms with van der Waals surface area (Å²) in [5.41, 5.74) is 1.10. The summed E-state index contributed by atoms with van der Waals surface area (Å²) >= 11 is 0. The molecule has 0 aromatic heterocycles. The molecule has 314 valence electrons. The smallest absolute Gasteiger partial charge is 0.0287 e. The molecule has 19 unspecified atom stereocenters. The van der Waals surface area contributed by atoms with Gasteiger partial charge < -0.3 is 0 Å². The van der Waals surface area contributed by atoms with Gasteiger partial charge in [-0.25, -0.2) is 0 Å². The second-order valence-corrected chi connectivity index (χ2v) is 24.7. The summed E-state index contributed by atoms with van der Waals surface area (Å²) in [4.78, 5) is 3.36. The minimum Gasteiger partial charge on any atom is -0.291 e. The normalized spacial score (nSPS) is 53.7. The number of rotatable bonds is 3. The van der Waals surface area contributed by atoms with Gasteiger partial charge in [0.1, 0.15) is 0 Å². The largest absolute Gasteiger partial charge is 0.291 e. The van der Waals surface area contributed by atoms with E-state index in [0.29, 0.717) is 16.9 Å². The zero-order valence-corrected chi connectivity index (χ0v) is 37.0. The van der Waals surface area contributed by atoms with E-state index in [0.717, 1.165) is 107 Å². The van der Waals surface area contributed by atoms with Crippen LogP contribution >= 0.6 is 0 Å². The molecule has 9 saturated carbocycles. The Morgan fingerprint density at radius 3 is 2.00 bits per heavy atom. The molecule has 9 fully saturated rings. The predicted octanol–water partition coefficient (Wildman–Crippen LogP) is 14.6. The lowest BCUT2D eigenvalue weighted by Crippen LogP contribution is -2.54. The van der Waals surface area contributed by atoms with Gasteiger partial charge in [0.25, 0.3) is 0 Å². The first-order chi connectivity index (χ1) is 28.0. The molecule has 12 rings (SSSR count). The van der Waals surface area contributed by atoms with E-state index < -0.39 is 0 Å². The van der Waals surface area contributed by atoms with Crippen LogP contribution in [0.15, 0.2) is 36.5 Å². The predicted molar refractivity (Wildman–Crippen MR) is 237 cm³/mol. The quantitative estimate of drug-likeness (QED) is 0.258. The van der Waals surface area contributed by atoms with Crippen LogP contribution in [0.1, 0.15) is 187 Å². The number of hydrogen-bond acceptors (Lipinski definition) is 1. The summed E-state index contributed by atoms with van der Waals surface area (Å²) in [5, 5.41) is 0. The Kier molecular flexibility index (Phi) is 9.92. The second kappa shape index (κ2) is 14.9. The van der Waals surface area contributed by atoms with E-state index in [1.165, 1.54) is 128 Å². The molecule has 0 N–H and O–H groups in total. The van der Waals surface area contributed by atoms with E-state index in [2.05, 4.69) is 55.2 Å². The average Bonchev–Trinajstić information content (AvgIpc) is 3.83. The van der Waals surface area contributed by atoms with Crippen molar-refractivity contribution in [1.29, 1.82) is 0 Å². The van der Waals surface area contributed by atoms with Crippen LogP contribution in [0.4, 0.5) is 0 Å². The van der Waals surface area contributed by atoms with Crippen molar-refractivity contribution in [2.45, 2.75) is 205 Å². The van der Waals surface area contributed by atoms with E-state index >= 15 is 0 Å². The summed E-state index contributed by atoms with van der Waals surface area (Å²) < 4.78 is 0. The molecule has 0 saturated heterocycles. The van der Waals surface area contributed by atoms with Gasteiger partial charge in [0.15, 0.2) is 0 Å². The van der Waals surface area contributed by atoms with Crippen molar-refractivity contribution < 1.29 is 0 Å². The lowest BCUT2D eigenvalue weighted by molar-refractivity contribution is -0.0448. The highest BCUT2D eigenvalue weighted by Gasteiger charge is 2.73. The van der Waals surface area contributed by atoms with Crippen molar-refractivity contribution in [3.05, 3.63) is 36.5 Å². The van der Waals surface area contributed by atoms with Crippen LogP contribution in [0.3, 0.4) is 0 Å². The van der Waals surface area contributed by atoms with Gasteiger partial charge in [-0.3, -0.25) is 4.90 Å². The minimum absolute atomic E-state index is 0.547. The zero-order chi connectivity index (χ0) is 37.9. The molecule has 12 aliphatic carbocycles. The molecule has 0 radical (unpaired) electrons. The molecule has 0 aliphatic heterocycles. The molecular formula is C56H85N. The van der Waals surface area contributed by atoms with Crippen molar-refractivity contribution >= 4 is 0 Å². The summed E-state index contributed by atoms with van der Waals surface area (Å²) in [5.74, 6) is 15.6. The maximum atomic E-state index is 3.36. The Bertz CT molecular complexity index is 1540. The van der Waals surface area contributed by atoms with Gasteiger partial charge in [0, 0.05) is 18.1 Å². The average molecular weight is 772 g/mol. The summed E-state index contributed by atoms with van der Waals surface area (Å²) in [6, 6.07) is 2.38. The van der Waals surface area contributed by atoms with Crippen molar-refractivity contribution in [2.75, 3.05) is 0 Å². The summed E-state index contributed by atoms with van der Waals surface area (Å²) in [7, 11) is 0. The number of hydrogen-bond donors (Lipinski definition) is 0. The maximum absolute atomic E-state index is 3.36. The Labute approximate surface area is 350 Å². The third kappa shape index (κ3) is 5.72. The fourth-order valence-electron chi connectivity index (χ4n) is 21.5. The third-order valence-electron chi connectivity index (χ3n) is 22.9. The van der Waals surface area contributed by atoms with Gasteiger partial charge in [0.2, 0.25) is 0 Å². The van der Waals surface area contributed by atoms with Crippen LogP contribution in [0, 0.1) is 106 Å². The molecule has 1 heteroatoms. The minimum atomic E-state index is 0.547. The molecular weight excluding hydrogens is 687 g/mol. The highest BCUT2D eigenvalue weighted by atomic mass is 15.2. The topological polar surface area (TPSA) is 3.24 Å². The van der Waals surface area contributed by atoms with E-state index in [1.54, 1.807) is 44.9 Å². The Hall–Kier alpha value is -0.820. The highest BCUT2D eigenvalue weighted by Crippen LogP contribution is 2.78. The molecule has 1 nitrogen and oxygen atoms in total. The first-order valence-electron chi connectivity index (χ1n) is 26.8. The van der Waals surface area contributed by atoms with Gasteiger partial charge in [-0.15, -0.1) is 0 Å². The molecule has 0 aromatic carbocycles. The van der Waals surface area contributed by atoms with Gasteiger partial charge in [-0.2, -0.15) is 0 Å². The highest BCUT2D eigenvalue weighted by molar-refractivity contribution is 5.30. The Balaban J connectivity index is 0.913. The van der Waals surface area contributed by atoms with Gasteiger partial charge >= 0.3 is 0 Å². The maximum Gasteiger partial charge on any atom is 0.0287 e. The monoisotopic (exact) mass is 772 g/mol. The molecule has 12 aliphatic rings. The van der Waals surface area contributed by atoms with Crippen LogP contribution < -0.4 is 0 Å². The van der Waals surface area contributed by atoms with Crippen LogP contribution in [0.25, 0.3) is 0 Å². The molecule has 19 atom stereocenters. The first kappa shape index (κ1) is 37.9. The van der Waals surface area contributed by atoms with Crippen molar-refractivity contribution in [3.63, 3.8) is 0 Å². The van der Waals surface area contributed by atoms with E-state index in [1.807, 2.05) is 0 Å². The lowest BCUT2D eigenvalue weighted by atomic mass is 9.49. The van der Waals surface area contributed by atoms with Crippen molar-refractivity contribution in [2.24, 2.45) is 106 Å². The molecule has 57 heavy (non-hydrogen) atoms. The number of allylic oxidation sites excluding steroid dienone is 5. The number of fused-ring (bicyclic) bond motifs is 14. The molecule has 1 spiro atoms. The molecule has 0 amide bonds. The van der Waals surface area contributed by atoms with E-state index in [9.17, 15) is 0 Å². The summed E-state index contributed by atoms with van der Waals surface area (Å²) in [6.07, 6.45) is 58.4. The Morgan fingerprint density at radius 1 is 0.439 bits per heavy atom. The summed E-state index contributed by atoms with van der Waals surface area (Å²) in [6.45, 7) is 5.52. The first-order valence-corrected chi connectivity index (χ1v) is 26.8. The fourth-order valence-corrected chi connectivity index (χ4v) is 21.5. The van der Waals surface area contributed by atoms with Crippen molar-refractivity contribution in [3.8, 4) is 0 Å². The van der Waals surface area contributed by atoms with Crippen LogP contribution in [-0.2, 0) is 0 Å². The molecule has 0 bridgehead atoms. The van der Waals surface area contributed by atoms with Crippen LogP contribution in [-0.4, -0.2) is 23.0 Å². The molecule has 0 aromatic rings. The van der Waals surface area contributed by atoms with Crippen LogP contribution in [0.5, 0.6) is 0 Å². The third-order valence-corrected chi connectivity index (χ3v) is 22.9. The second-order valence-electron chi connectivity index (χ2n) is 24.7. The van der Waals surface area contributed by atoms with Gasteiger partial charge in [0.05, 0.1) is 0 Å². The Morgan fingerprint density at radius 2 is 1.14 bits per heavy atom. The number of nitrogens with zero attached hydrogens (tertiary/aromatic N) is 1. The van der Waals surface area contributed by atoms with Gasteiger partial charge in [-0.05, 0) is 202 Å². The van der Waals surface area contributed by atoms with Crippen LogP contribution in [0.2, 0.25) is 0 Å². The van der Waals surface area contributed by atoms with Gasteiger partial charge in [-0.1, -0.05) is 127 Å². The SMILES string of the molecule is CC1(C)C2CCCCC2C2CCC(N(C3C=CC4C(C3)C3CCC=CC3C43C4CCCCC4C4C5C=CCC6CCCCCCC(CC43)C65)C3CCCCC3)CC21. The molecule has 0 heterocycles. The fraction of sp³-hybridized carbons (Fsp3) is 0.893. The lowest BCUT2D eigenvalue weighted by Gasteiger charge is -2.55. The van der Waals surface area contributed by atoms with Crippen molar-refractivity contribution in [1.82, 2.24) is 4.90 Å².